The van der Waals surface area contributed by atoms with Crippen LogP contribution in [-0.2, 0) is 22.5 Å². The van der Waals surface area contributed by atoms with Crippen LogP contribution in [0.3, 0.4) is 0 Å². The molecule has 2 heterocycles. The number of hydrogen-bond donors (Lipinski definition) is 1. The molecule has 0 aliphatic carbocycles. The molecule has 4 rings (SSSR count). The number of amides is 1. The van der Waals surface area contributed by atoms with Crippen molar-refractivity contribution in [3.05, 3.63) is 54.1 Å². The third-order valence-corrected chi connectivity index (χ3v) is 6.55. The lowest BCUT2D eigenvalue weighted by Gasteiger charge is -2.15. The van der Waals surface area contributed by atoms with E-state index in [1.54, 1.807) is 7.11 Å². The maximum absolute atomic E-state index is 12.6. The van der Waals surface area contributed by atoms with Crippen LogP contribution in [0.1, 0.15) is 31.7 Å². The summed E-state index contributed by atoms with van der Waals surface area (Å²) in [6, 6.07) is 15.8. The molecule has 1 aliphatic rings. The van der Waals surface area contributed by atoms with Crippen molar-refractivity contribution in [3.8, 4) is 17.1 Å². The zero-order valence-corrected chi connectivity index (χ0v) is 19.9. The fraction of sp³-hybridized carbons (Fsp3) is 0.400. The summed E-state index contributed by atoms with van der Waals surface area (Å²) in [4.78, 5) is 12.6. The summed E-state index contributed by atoms with van der Waals surface area (Å²) in [6.45, 7) is 3.61. The first kappa shape index (κ1) is 23.3. The molecule has 7 nitrogen and oxygen atoms in total. The second kappa shape index (κ2) is 11.3. The number of ether oxygens (including phenoxy) is 2. The second-order valence-corrected chi connectivity index (χ2v) is 9.01. The Morgan fingerprint density at radius 2 is 1.97 bits per heavy atom. The van der Waals surface area contributed by atoms with Crippen LogP contribution >= 0.6 is 11.8 Å². The predicted molar refractivity (Wildman–Crippen MR) is 131 cm³/mol. The molecule has 0 saturated carbocycles. The summed E-state index contributed by atoms with van der Waals surface area (Å²) in [7, 11) is 1.65. The van der Waals surface area contributed by atoms with Crippen molar-refractivity contribution in [3.63, 3.8) is 0 Å². The van der Waals surface area contributed by atoms with Gasteiger partial charge in [-0.3, -0.25) is 9.36 Å². The number of carbonyl (C=O) groups excluding carboxylic acids is 1. The van der Waals surface area contributed by atoms with Gasteiger partial charge in [-0.05, 0) is 61.2 Å². The van der Waals surface area contributed by atoms with Crippen LogP contribution in [0, 0.1) is 0 Å². The Balaban J connectivity index is 1.45. The smallest absolute Gasteiger partial charge is 0.234 e. The van der Waals surface area contributed by atoms with E-state index in [9.17, 15) is 4.79 Å². The molecule has 0 radical (unpaired) electrons. The first-order valence-corrected chi connectivity index (χ1v) is 12.4. The lowest BCUT2D eigenvalue weighted by molar-refractivity contribution is -0.113. The van der Waals surface area contributed by atoms with E-state index in [1.807, 2.05) is 36.4 Å². The molecule has 2 aromatic carbocycles. The first-order valence-electron chi connectivity index (χ1n) is 11.4. The third kappa shape index (κ3) is 6.15. The van der Waals surface area contributed by atoms with Crippen molar-refractivity contribution in [1.29, 1.82) is 0 Å². The lowest BCUT2D eigenvalue weighted by Crippen LogP contribution is -2.18. The van der Waals surface area contributed by atoms with Crippen molar-refractivity contribution in [2.75, 3.05) is 24.8 Å². The van der Waals surface area contributed by atoms with Gasteiger partial charge in [-0.1, -0.05) is 37.2 Å². The molecule has 0 bridgehead atoms. The number of rotatable bonds is 10. The fourth-order valence-corrected chi connectivity index (χ4v) is 4.62. The number of nitrogens with zero attached hydrogens (tertiary/aromatic N) is 3. The van der Waals surface area contributed by atoms with E-state index < -0.39 is 0 Å². The van der Waals surface area contributed by atoms with Gasteiger partial charge in [0, 0.05) is 17.9 Å². The quantitative estimate of drug-likeness (QED) is 0.432. The molecule has 174 valence electrons. The Morgan fingerprint density at radius 1 is 1.18 bits per heavy atom. The van der Waals surface area contributed by atoms with Crippen molar-refractivity contribution >= 4 is 23.4 Å². The monoisotopic (exact) mass is 466 g/mol. The van der Waals surface area contributed by atoms with E-state index in [1.165, 1.54) is 17.3 Å². The zero-order chi connectivity index (χ0) is 23.0. The second-order valence-electron chi connectivity index (χ2n) is 8.06. The largest absolute Gasteiger partial charge is 0.497 e. The van der Waals surface area contributed by atoms with Crippen molar-refractivity contribution in [2.24, 2.45) is 0 Å². The van der Waals surface area contributed by atoms with Crippen molar-refractivity contribution < 1.29 is 14.3 Å². The predicted octanol–water partition coefficient (Wildman–Crippen LogP) is 4.82. The maximum atomic E-state index is 12.6. The third-order valence-electron chi connectivity index (χ3n) is 5.58. The summed E-state index contributed by atoms with van der Waals surface area (Å²) >= 11 is 1.39. The normalized spacial score (nSPS) is 15.5. The molecule has 1 atom stereocenters. The van der Waals surface area contributed by atoms with Crippen LogP contribution in [-0.4, -0.2) is 46.2 Å². The molecule has 3 aromatic rings. The minimum absolute atomic E-state index is 0.0686. The van der Waals surface area contributed by atoms with E-state index in [4.69, 9.17) is 9.47 Å². The van der Waals surface area contributed by atoms with Gasteiger partial charge in [0.05, 0.1) is 25.5 Å². The van der Waals surface area contributed by atoms with Gasteiger partial charge in [0.25, 0.3) is 0 Å². The number of thioether (sulfide) groups is 1. The summed E-state index contributed by atoms with van der Waals surface area (Å²) in [5, 5.41) is 12.5. The highest BCUT2D eigenvalue weighted by Gasteiger charge is 2.22. The highest BCUT2D eigenvalue weighted by Crippen LogP contribution is 2.28. The summed E-state index contributed by atoms with van der Waals surface area (Å²) in [5.74, 6) is 1.74. The van der Waals surface area contributed by atoms with Crippen LogP contribution in [0.25, 0.3) is 11.4 Å². The molecule has 1 amide bonds. The van der Waals surface area contributed by atoms with Gasteiger partial charge >= 0.3 is 0 Å². The summed E-state index contributed by atoms with van der Waals surface area (Å²) in [6.07, 6.45) is 4.35. The van der Waals surface area contributed by atoms with Gasteiger partial charge < -0.3 is 14.8 Å². The van der Waals surface area contributed by atoms with Crippen LogP contribution < -0.4 is 10.1 Å². The van der Waals surface area contributed by atoms with Crippen molar-refractivity contribution in [2.45, 2.75) is 50.4 Å². The number of methoxy groups -OCH3 is 1. The highest BCUT2D eigenvalue weighted by atomic mass is 32.2. The maximum Gasteiger partial charge on any atom is 0.234 e. The molecule has 33 heavy (non-hydrogen) atoms. The van der Waals surface area contributed by atoms with Gasteiger partial charge in [-0.15, -0.1) is 10.2 Å². The van der Waals surface area contributed by atoms with Gasteiger partial charge in [0.2, 0.25) is 5.91 Å². The minimum atomic E-state index is -0.0686. The number of nitrogens with one attached hydrogen (secondary N) is 1. The lowest BCUT2D eigenvalue weighted by atomic mass is 10.1. The number of benzene rings is 2. The molecule has 8 heteroatoms. The average molecular weight is 467 g/mol. The van der Waals surface area contributed by atoms with E-state index >= 15 is 0 Å². The van der Waals surface area contributed by atoms with Crippen LogP contribution in [0.15, 0.2) is 53.7 Å². The number of aryl methyl sites for hydroxylation is 1. The molecule has 1 saturated heterocycles. The standard InChI is InChI=1S/C25H30N4O3S/c1-3-5-18-7-11-20(12-8-18)26-23(30)17-33-25-28-27-24(19-9-13-21(31-2)14-10-19)29(25)16-22-6-4-15-32-22/h7-14,22H,3-6,15-17H2,1-2H3,(H,26,30). The molecule has 1 aliphatic heterocycles. The van der Waals surface area contributed by atoms with Crippen LogP contribution in [0.2, 0.25) is 0 Å². The zero-order valence-electron chi connectivity index (χ0n) is 19.1. The van der Waals surface area contributed by atoms with Gasteiger partial charge in [-0.25, -0.2) is 0 Å². The first-order chi connectivity index (χ1) is 16.2. The number of hydrogen-bond acceptors (Lipinski definition) is 6. The van der Waals surface area contributed by atoms with Crippen LogP contribution in [0.4, 0.5) is 5.69 Å². The number of anilines is 1. The van der Waals surface area contributed by atoms with E-state index in [0.29, 0.717) is 11.7 Å². The number of carbonyl (C=O) groups is 1. The molecule has 1 aromatic heterocycles. The highest BCUT2D eigenvalue weighted by molar-refractivity contribution is 7.99. The molecule has 1 N–H and O–H groups in total. The van der Waals surface area contributed by atoms with Crippen molar-refractivity contribution in [1.82, 2.24) is 14.8 Å². The summed E-state index contributed by atoms with van der Waals surface area (Å²) < 4.78 is 13.2. The Hall–Kier alpha value is -2.84. The van der Waals surface area contributed by atoms with Gasteiger partial charge in [0.1, 0.15) is 5.75 Å². The summed E-state index contributed by atoms with van der Waals surface area (Å²) in [5.41, 5.74) is 3.03. The topological polar surface area (TPSA) is 78.3 Å². The molecule has 0 spiro atoms. The minimum Gasteiger partial charge on any atom is -0.497 e. The molecular formula is C25H30N4O3S. The van der Waals surface area contributed by atoms with Gasteiger partial charge in [0.15, 0.2) is 11.0 Å². The Kier molecular flexibility index (Phi) is 8.01. The Labute approximate surface area is 198 Å². The Morgan fingerprint density at radius 3 is 2.64 bits per heavy atom. The molecule has 1 unspecified atom stereocenters. The Bertz CT molecular complexity index is 1040. The van der Waals surface area contributed by atoms with E-state index in [0.717, 1.165) is 55.1 Å². The molecule has 1 fully saturated rings. The van der Waals surface area contributed by atoms with E-state index in [-0.39, 0.29) is 17.8 Å². The van der Waals surface area contributed by atoms with Gasteiger partial charge in [-0.2, -0.15) is 0 Å². The van der Waals surface area contributed by atoms with E-state index in [2.05, 4.69) is 39.1 Å². The number of aromatic nitrogens is 3. The fourth-order valence-electron chi connectivity index (χ4n) is 3.88. The van der Waals surface area contributed by atoms with Crippen LogP contribution in [0.5, 0.6) is 5.75 Å². The average Bonchev–Trinajstić information content (AvgIpc) is 3.50. The SMILES string of the molecule is CCCc1ccc(NC(=O)CSc2nnc(-c3ccc(OC)cc3)n2CC2CCCO2)cc1. The molecular weight excluding hydrogens is 436 g/mol.